The molecule has 0 fully saturated rings. The lowest BCUT2D eigenvalue weighted by atomic mass is 10.2. The Hall–Kier alpha value is -2.75. The smallest absolute Gasteiger partial charge is 0.264 e. The van der Waals surface area contributed by atoms with Gasteiger partial charge in [-0.25, -0.2) is 21.6 Å². The molecule has 0 saturated heterocycles. The highest BCUT2D eigenvalue weighted by Crippen LogP contribution is 2.31. The number of benzene rings is 2. The summed E-state index contributed by atoms with van der Waals surface area (Å²) in [7, 11) is -4.51. The predicted molar refractivity (Wildman–Crippen MR) is 77.7 cm³/mol. The Labute approximate surface area is 134 Å². The zero-order chi connectivity index (χ0) is 17.5. The number of nitrogens with one attached hydrogen (secondary N) is 2. The third-order valence-electron chi connectivity index (χ3n) is 3.15. The van der Waals surface area contributed by atoms with Crippen LogP contribution in [0.25, 0.3) is 0 Å². The van der Waals surface area contributed by atoms with Crippen molar-refractivity contribution in [3.05, 3.63) is 47.8 Å². The van der Waals surface area contributed by atoms with E-state index in [-0.39, 0.29) is 18.0 Å². The van der Waals surface area contributed by atoms with Crippen LogP contribution in [0.1, 0.15) is 0 Å². The third-order valence-corrected chi connectivity index (χ3v) is 4.55. The van der Waals surface area contributed by atoms with E-state index in [2.05, 4.69) is 5.32 Å². The largest absolute Gasteiger partial charge is 0.482 e. The van der Waals surface area contributed by atoms with Crippen LogP contribution in [0.15, 0.2) is 35.2 Å². The van der Waals surface area contributed by atoms with Gasteiger partial charge in [0.2, 0.25) is 0 Å². The molecule has 0 aliphatic carbocycles. The molecule has 2 aromatic rings. The number of anilines is 2. The molecule has 0 unspecified atom stereocenters. The molecule has 126 valence electrons. The first-order chi connectivity index (χ1) is 11.3. The molecule has 10 heteroatoms. The van der Waals surface area contributed by atoms with E-state index >= 15 is 0 Å². The molecule has 0 atom stereocenters. The fourth-order valence-corrected chi connectivity index (χ4v) is 3.19. The van der Waals surface area contributed by atoms with E-state index in [0.29, 0.717) is 17.9 Å². The molecule has 1 amide bonds. The zero-order valence-corrected chi connectivity index (χ0v) is 12.6. The lowest BCUT2D eigenvalue weighted by molar-refractivity contribution is -0.118. The van der Waals surface area contributed by atoms with Gasteiger partial charge in [-0.15, -0.1) is 0 Å². The summed E-state index contributed by atoms with van der Waals surface area (Å²) in [6, 6.07) is 5.08. The van der Waals surface area contributed by atoms with E-state index in [1.165, 1.54) is 18.2 Å². The van der Waals surface area contributed by atoms with Crippen molar-refractivity contribution >= 4 is 27.3 Å². The first-order valence-corrected chi connectivity index (χ1v) is 7.99. The summed E-state index contributed by atoms with van der Waals surface area (Å²) in [5, 5.41) is 2.47. The van der Waals surface area contributed by atoms with Gasteiger partial charge in [-0.05, 0) is 30.3 Å². The molecule has 0 aromatic heterocycles. The van der Waals surface area contributed by atoms with Gasteiger partial charge in [0.25, 0.3) is 15.9 Å². The van der Waals surface area contributed by atoms with Crippen molar-refractivity contribution in [3.8, 4) is 5.75 Å². The van der Waals surface area contributed by atoms with Crippen LogP contribution in [-0.2, 0) is 14.8 Å². The lowest BCUT2D eigenvalue weighted by Gasteiger charge is -2.19. The highest BCUT2D eigenvalue weighted by molar-refractivity contribution is 7.92. The van der Waals surface area contributed by atoms with Crippen LogP contribution < -0.4 is 14.8 Å². The Kier molecular flexibility index (Phi) is 3.84. The van der Waals surface area contributed by atoms with Gasteiger partial charge in [0.1, 0.15) is 10.6 Å². The SMILES string of the molecule is O=C1COc2ccc(NS(=O)(=O)c3ccc(F)c(F)c3F)cc2N1. The molecule has 3 rings (SSSR count). The maximum Gasteiger partial charge on any atom is 0.264 e. The summed E-state index contributed by atoms with van der Waals surface area (Å²) in [4.78, 5) is 10.2. The van der Waals surface area contributed by atoms with Crippen LogP contribution >= 0.6 is 0 Å². The number of halogens is 3. The average molecular weight is 358 g/mol. The number of hydrogen-bond acceptors (Lipinski definition) is 4. The van der Waals surface area contributed by atoms with E-state index in [0.717, 1.165) is 0 Å². The molecule has 2 aromatic carbocycles. The van der Waals surface area contributed by atoms with E-state index in [1.807, 2.05) is 4.72 Å². The lowest BCUT2D eigenvalue weighted by Crippen LogP contribution is -2.25. The molecule has 2 N–H and O–H groups in total. The second kappa shape index (κ2) is 5.71. The Morgan fingerprint density at radius 3 is 2.58 bits per heavy atom. The van der Waals surface area contributed by atoms with Crippen LogP contribution in [-0.4, -0.2) is 20.9 Å². The fourth-order valence-electron chi connectivity index (χ4n) is 2.07. The third kappa shape index (κ3) is 2.87. The number of ether oxygens (including phenoxy) is 1. The Balaban J connectivity index is 1.95. The van der Waals surface area contributed by atoms with Crippen molar-refractivity contribution in [1.29, 1.82) is 0 Å². The van der Waals surface area contributed by atoms with Crippen LogP contribution in [0.2, 0.25) is 0 Å². The number of amides is 1. The van der Waals surface area contributed by atoms with Gasteiger partial charge in [0.15, 0.2) is 24.1 Å². The monoisotopic (exact) mass is 358 g/mol. The molecule has 1 heterocycles. The molecular weight excluding hydrogens is 349 g/mol. The maximum absolute atomic E-state index is 13.7. The number of sulfonamides is 1. The Bertz CT molecular complexity index is 947. The first kappa shape index (κ1) is 16.1. The molecule has 0 bridgehead atoms. The normalized spacial score (nSPS) is 13.7. The molecule has 0 saturated carbocycles. The number of rotatable bonds is 3. The predicted octanol–water partition coefficient (Wildman–Crippen LogP) is 2.24. The van der Waals surface area contributed by atoms with Crippen LogP contribution in [0.3, 0.4) is 0 Å². The van der Waals surface area contributed by atoms with E-state index in [4.69, 9.17) is 4.74 Å². The van der Waals surface area contributed by atoms with Crippen LogP contribution in [0.4, 0.5) is 24.5 Å². The number of fused-ring (bicyclic) bond motifs is 1. The van der Waals surface area contributed by atoms with Gasteiger partial charge >= 0.3 is 0 Å². The van der Waals surface area contributed by atoms with Gasteiger partial charge in [0, 0.05) is 0 Å². The summed E-state index contributed by atoms with van der Waals surface area (Å²) in [5.74, 6) is -5.30. The molecule has 0 radical (unpaired) electrons. The maximum atomic E-state index is 13.7. The summed E-state index contributed by atoms with van der Waals surface area (Å²) in [5.41, 5.74) is 0.195. The van der Waals surface area contributed by atoms with Gasteiger partial charge < -0.3 is 10.1 Å². The van der Waals surface area contributed by atoms with Gasteiger partial charge in [-0.3, -0.25) is 9.52 Å². The minimum atomic E-state index is -4.51. The second-order valence-corrected chi connectivity index (χ2v) is 6.48. The number of hydrogen-bond donors (Lipinski definition) is 2. The standard InChI is InChI=1S/C14H9F3N2O4S/c15-8-2-4-11(14(17)13(8)16)24(21,22)19-7-1-3-10-9(5-7)18-12(20)6-23-10/h1-5,19H,6H2,(H,18,20). The summed E-state index contributed by atoms with van der Waals surface area (Å²) in [6.07, 6.45) is 0. The Morgan fingerprint density at radius 2 is 1.83 bits per heavy atom. The molecule has 24 heavy (non-hydrogen) atoms. The van der Waals surface area contributed by atoms with E-state index in [1.54, 1.807) is 0 Å². The molecule has 1 aliphatic rings. The van der Waals surface area contributed by atoms with Crippen molar-refractivity contribution in [1.82, 2.24) is 0 Å². The highest BCUT2D eigenvalue weighted by Gasteiger charge is 2.25. The van der Waals surface area contributed by atoms with Gasteiger partial charge in [0.05, 0.1) is 11.4 Å². The topological polar surface area (TPSA) is 84.5 Å². The molecular formula is C14H9F3N2O4S. The minimum Gasteiger partial charge on any atom is -0.482 e. The quantitative estimate of drug-likeness (QED) is 0.824. The molecule has 0 spiro atoms. The average Bonchev–Trinajstić information content (AvgIpc) is 2.51. The summed E-state index contributed by atoms with van der Waals surface area (Å²) < 4.78 is 71.3. The van der Waals surface area contributed by atoms with Crippen LogP contribution in [0.5, 0.6) is 5.75 Å². The number of carbonyl (C=O) groups is 1. The van der Waals surface area contributed by atoms with Gasteiger partial charge in [-0.2, -0.15) is 0 Å². The van der Waals surface area contributed by atoms with Crippen molar-refractivity contribution in [3.63, 3.8) is 0 Å². The van der Waals surface area contributed by atoms with Crippen LogP contribution in [0, 0.1) is 17.5 Å². The van der Waals surface area contributed by atoms with Crippen molar-refractivity contribution in [2.75, 3.05) is 16.6 Å². The van der Waals surface area contributed by atoms with E-state index < -0.39 is 38.3 Å². The van der Waals surface area contributed by atoms with Crippen molar-refractivity contribution < 1.29 is 31.1 Å². The minimum absolute atomic E-state index is 0.0244. The fraction of sp³-hybridized carbons (Fsp3) is 0.0714. The van der Waals surface area contributed by atoms with Gasteiger partial charge in [-0.1, -0.05) is 0 Å². The van der Waals surface area contributed by atoms with Crippen molar-refractivity contribution in [2.24, 2.45) is 0 Å². The molecule has 6 nitrogen and oxygen atoms in total. The molecule has 1 aliphatic heterocycles. The second-order valence-electron chi connectivity index (χ2n) is 4.83. The highest BCUT2D eigenvalue weighted by atomic mass is 32.2. The zero-order valence-electron chi connectivity index (χ0n) is 11.8. The van der Waals surface area contributed by atoms with E-state index in [9.17, 15) is 26.4 Å². The Morgan fingerprint density at radius 1 is 1.08 bits per heavy atom. The summed E-state index contributed by atoms with van der Waals surface area (Å²) >= 11 is 0. The first-order valence-electron chi connectivity index (χ1n) is 6.51. The van der Waals surface area contributed by atoms with Crippen molar-refractivity contribution in [2.45, 2.75) is 4.90 Å². The number of carbonyl (C=O) groups excluding carboxylic acids is 1. The summed E-state index contributed by atoms with van der Waals surface area (Å²) in [6.45, 7) is -0.169.